The molecule has 3 N–H and O–H groups in total. The number of pyridine rings is 1. The smallest absolute Gasteiger partial charge is 0.274 e. The number of nitrogens with one attached hydrogen (secondary N) is 3. The summed E-state index contributed by atoms with van der Waals surface area (Å²) >= 11 is 0. The maximum Gasteiger partial charge on any atom is 0.274 e. The average Bonchev–Trinajstić information content (AvgIpc) is 2.65. The Hall–Kier alpha value is -3.81. The number of hydrogen-bond donors (Lipinski definition) is 3. The summed E-state index contributed by atoms with van der Waals surface area (Å²) in [6, 6.07) is 13.4. The molecule has 3 rings (SSSR count). The summed E-state index contributed by atoms with van der Waals surface area (Å²) in [5.41, 5.74) is 1.41. The monoisotopic (exact) mass is 382 g/mol. The van der Waals surface area contributed by atoms with Crippen molar-refractivity contribution < 1.29 is 18.4 Å². The highest BCUT2D eigenvalue weighted by Gasteiger charge is 2.14. The van der Waals surface area contributed by atoms with Crippen molar-refractivity contribution in [1.29, 1.82) is 0 Å². The zero-order chi connectivity index (χ0) is 20.1. The number of para-hydroxylation sites is 1. The second-order valence-corrected chi connectivity index (χ2v) is 5.87. The number of anilines is 4. The van der Waals surface area contributed by atoms with Crippen molar-refractivity contribution in [3.63, 3.8) is 0 Å². The van der Waals surface area contributed by atoms with E-state index >= 15 is 0 Å². The number of nitrogens with zero attached hydrogens (tertiary/aromatic N) is 1. The van der Waals surface area contributed by atoms with Gasteiger partial charge in [-0.1, -0.05) is 12.1 Å². The molecule has 0 saturated heterocycles. The molecule has 2 aromatic carbocycles. The van der Waals surface area contributed by atoms with E-state index in [1.807, 2.05) is 0 Å². The molecular formula is C20H16F2N4O2. The van der Waals surface area contributed by atoms with Gasteiger partial charge in [-0.3, -0.25) is 9.59 Å². The number of aromatic nitrogens is 1. The van der Waals surface area contributed by atoms with Gasteiger partial charge in [0, 0.05) is 18.3 Å². The SMILES string of the molecule is CC(=O)Nc1cccc(Nc2ccc(C(=O)Nc3c(F)cccc3F)nc2)c1. The lowest BCUT2D eigenvalue weighted by atomic mass is 10.2. The fraction of sp³-hybridized carbons (Fsp3) is 0.0500. The van der Waals surface area contributed by atoms with E-state index in [1.165, 1.54) is 25.3 Å². The van der Waals surface area contributed by atoms with Crippen LogP contribution in [0.15, 0.2) is 60.8 Å². The van der Waals surface area contributed by atoms with E-state index in [0.717, 1.165) is 12.1 Å². The van der Waals surface area contributed by atoms with Gasteiger partial charge in [-0.25, -0.2) is 13.8 Å². The van der Waals surface area contributed by atoms with Crippen LogP contribution in [0.3, 0.4) is 0 Å². The minimum Gasteiger partial charge on any atom is -0.354 e. The Morgan fingerprint density at radius 1 is 0.857 bits per heavy atom. The predicted molar refractivity (Wildman–Crippen MR) is 103 cm³/mol. The lowest BCUT2D eigenvalue weighted by molar-refractivity contribution is -0.114. The Morgan fingerprint density at radius 2 is 1.54 bits per heavy atom. The number of benzene rings is 2. The Labute approximate surface area is 159 Å². The van der Waals surface area contributed by atoms with Crippen LogP contribution in [0.25, 0.3) is 0 Å². The van der Waals surface area contributed by atoms with Crippen LogP contribution in [-0.2, 0) is 4.79 Å². The number of rotatable bonds is 5. The predicted octanol–water partition coefficient (Wildman–Crippen LogP) is 4.31. The molecule has 0 atom stereocenters. The second-order valence-electron chi connectivity index (χ2n) is 5.87. The van der Waals surface area contributed by atoms with Crippen LogP contribution in [0.1, 0.15) is 17.4 Å². The average molecular weight is 382 g/mol. The van der Waals surface area contributed by atoms with Crippen LogP contribution in [0.5, 0.6) is 0 Å². The van der Waals surface area contributed by atoms with Crippen molar-refractivity contribution in [2.75, 3.05) is 16.0 Å². The number of carbonyl (C=O) groups is 2. The maximum absolute atomic E-state index is 13.6. The summed E-state index contributed by atoms with van der Waals surface area (Å²) in [5.74, 6) is -2.65. The molecule has 0 bridgehead atoms. The molecule has 28 heavy (non-hydrogen) atoms. The van der Waals surface area contributed by atoms with Gasteiger partial charge < -0.3 is 16.0 Å². The fourth-order valence-corrected chi connectivity index (χ4v) is 2.44. The number of hydrogen-bond acceptors (Lipinski definition) is 4. The van der Waals surface area contributed by atoms with Gasteiger partial charge in [0.1, 0.15) is 23.0 Å². The van der Waals surface area contributed by atoms with E-state index < -0.39 is 23.2 Å². The van der Waals surface area contributed by atoms with Gasteiger partial charge in [-0.2, -0.15) is 0 Å². The Kier molecular flexibility index (Phi) is 5.59. The summed E-state index contributed by atoms with van der Waals surface area (Å²) in [5, 5.41) is 7.94. The van der Waals surface area contributed by atoms with Crippen molar-refractivity contribution in [1.82, 2.24) is 4.98 Å². The van der Waals surface area contributed by atoms with Crippen LogP contribution in [-0.4, -0.2) is 16.8 Å². The molecule has 0 aliphatic carbocycles. The molecule has 8 heteroatoms. The summed E-state index contributed by atoms with van der Waals surface area (Å²) < 4.78 is 27.3. The van der Waals surface area contributed by atoms with Crippen molar-refractivity contribution in [3.05, 3.63) is 78.1 Å². The van der Waals surface area contributed by atoms with Gasteiger partial charge in [-0.15, -0.1) is 0 Å². The van der Waals surface area contributed by atoms with E-state index in [2.05, 4.69) is 20.9 Å². The molecule has 2 amide bonds. The van der Waals surface area contributed by atoms with E-state index in [4.69, 9.17) is 0 Å². The van der Waals surface area contributed by atoms with Gasteiger partial charge >= 0.3 is 0 Å². The first-order valence-corrected chi connectivity index (χ1v) is 8.28. The Balaban J connectivity index is 1.70. The third-order valence-electron chi connectivity index (χ3n) is 3.67. The van der Waals surface area contributed by atoms with E-state index in [9.17, 15) is 18.4 Å². The van der Waals surface area contributed by atoms with E-state index in [0.29, 0.717) is 17.1 Å². The quantitative estimate of drug-likeness (QED) is 0.614. The van der Waals surface area contributed by atoms with Crippen LogP contribution in [0.4, 0.5) is 31.5 Å². The van der Waals surface area contributed by atoms with Gasteiger partial charge in [0.15, 0.2) is 0 Å². The minimum absolute atomic E-state index is 0.000185. The zero-order valence-corrected chi connectivity index (χ0v) is 14.8. The fourth-order valence-electron chi connectivity index (χ4n) is 2.44. The number of halogens is 2. The van der Waals surface area contributed by atoms with Crippen molar-refractivity contribution in [2.24, 2.45) is 0 Å². The molecule has 0 fully saturated rings. The van der Waals surface area contributed by atoms with Crippen LogP contribution >= 0.6 is 0 Å². The number of amides is 2. The summed E-state index contributed by atoms with van der Waals surface area (Å²) in [6.45, 7) is 1.42. The van der Waals surface area contributed by atoms with Crippen molar-refractivity contribution in [3.8, 4) is 0 Å². The van der Waals surface area contributed by atoms with Crippen LogP contribution in [0, 0.1) is 11.6 Å². The minimum atomic E-state index is -0.870. The molecule has 0 saturated carbocycles. The van der Waals surface area contributed by atoms with Gasteiger partial charge in [0.2, 0.25) is 5.91 Å². The normalized spacial score (nSPS) is 10.2. The molecule has 0 aliphatic heterocycles. The Bertz CT molecular complexity index is 1000. The van der Waals surface area contributed by atoms with Gasteiger partial charge in [0.25, 0.3) is 5.91 Å². The molecule has 142 valence electrons. The third-order valence-corrected chi connectivity index (χ3v) is 3.67. The van der Waals surface area contributed by atoms with Gasteiger partial charge in [-0.05, 0) is 42.5 Å². The molecule has 1 aromatic heterocycles. The summed E-state index contributed by atoms with van der Waals surface area (Å²) in [6.07, 6.45) is 1.41. The molecule has 0 unspecified atom stereocenters. The second kappa shape index (κ2) is 8.26. The highest BCUT2D eigenvalue weighted by molar-refractivity contribution is 6.03. The van der Waals surface area contributed by atoms with Crippen LogP contribution < -0.4 is 16.0 Å². The molecule has 0 spiro atoms. The molecule has 6 nitrogen and oxygen atoms in total. The standard InChI is InChI=1S/C20H16F2N4O2/c1-12(27)24-13-4-2-5-14(10-13)25-15-8-9-18(23-11-15)20(28)26-19-16(21)6-3-7-17(19)22/h2-11,25H,1H3,(H,24,27)(H,26,28). The van der Waals surface area contributed by atoms with Gasteiger partial charge in [0.05, 0.1) is 11.9 Å². The molecule has 0 radical (unpaired) electrons. The van der Waals surface area contributed by atoms with Crippen LogP contribution in [0.2, 0.25) is 0 Å². The Morgan fingerprint density at radius 3 is 2.18 bits per heavy atom. The number of carbonyl (C=O) groups excluding carboxylic acids is 2. The zero-order valence-electron chi connectivity index (χ0n) is 14.8. The topological polar surface area (TPSA) is 83.1 Å². The van der Waals surface area contributed by atoms with E-state index in [-0.39, 0.29) is 11.6 Å². The highest BCUT2D eigenvalue weighted by Crippen LogP contribution is 2.21. The lowest BCUT2D eigenvalue weighted by Gasteiger charge is -2.10. The first-order chi connectivity index (χ1) is 13.4. The molecule has 1 heterocycles. The summed E-state index contributed by atoms with van der Waals surface area (Å²) in [7, 11) is 0. The third kappa shape index (κ3) is 4.67. The molecular weight excluding hydrogens is 366 g/mol. The maximum atomic E-state index is 13.6. The van der Waals surface area contributed by atoms with E-state index in [1.54, 1.807) is 30.3 Å². The summed E-state index contributed by atoms with van der Waals surface area (Å²) in [4.78, 5) is 27.3. The first-order valence-electron chi connectivity index (χ1n) is 8.28. The largest absolute Gasteiger partial charge is 0.354 e. The molecule has 3 aromatic rings. The van der Waals surface area contributed by atoms with Crippen molar-refractivity contribution in [2.45, 2.75) is 6.92 Å². The first kappa shape index (κ1) is 19.0. The lowest BCUT2D eigenvalue weighted by Crippen LogP contribution is -2.15. The highest BCUT2D eigenvalue weighted by atomic mass is 19.1. The van der Waals surface area contributed by atoms with Crippen molar-refractivity contribution >= 4 is 34.6 Å². The molecule has 0 aliphatic rings.